The number of para-hydroxylation sites is 1. The van der Waals surface area contributed by atoms with Gasteiger partial charge in [-0.3, -0.25) is 9.59 Å². The van der Waals surface area contributed by atoms with Gasteiger partial charge in [-0.15, -0.1) is 0 Å². The average molecular weight is 336 g/mol. The number of benzene rings is 2. The summed E-state index contributed by atoms with van der Waals surface area (Å²) in [4.78, 5) is 24.6. The lowest BCUT2D eigenvalue weighted by atomic mass is 10.1. The average Bonchev–Trinajstić information content (AvgIpc) is 3.41. The van der Waals surface area contributed by atoms with Gasteiger partial charge in [0.1, 0.15) is 0 Å². The number of aryl methyl sites for hydroxylation is 2. The van der Waals surface area contributed by atoms with E-state index in [1.165, 1.54) is 5.56 Å². The second kappa shape index (κ2) is 7.51. The van der Waals surface area contributed by atoms with Gasteiger partial charge in [0.15, 0.2) is 0 Å². The van der Waals surface area contributed by atoms with E-state index in [9.17, 15) is 9.59 Å². The molecule has 0 bridgehead atoms. The van der Waals surface area contributed by atoms with E-state index in [-0.39, 0.29) is 23.7 Å². The van der Waals surface area contributed by atoms with Gasteiger partial charge >= 0.3 is 0 Å². The molecule has 4 nitrogen and oxygen atoms in total. The van der Waals surface area contributed by atoms with Crippen molar-refractivity contribution >= 4 is 17.5 Å². The Hall–Kier alpha value is -2.62. The fourth-order valence-corrected chi connectivity index (χ4v) is 3.09. The molecule has 0 radical (unpaired) electrons. The molecule has 3 rings (SSSR count). The lowest BCUT2D eigenvalue weighted by molar-refractivity contribution is -0.125. The molecule has 1 aliphatic carbocycles. The van der Waals surface area contributed by atoms with E-state index in [4.69, 9.17) is 0 Å². The van der Waals surface area contributed by atoms with Crippen LogP contribution in [0.2, 0.25) is 0 Å². The second-order valence-corrected chi connectivity index (χ2v) is 6.66. The summed E-state index contributed by atoms with van der Waals surface area (Å²) in [6.07, 6.45) is 1.49. The summed E-state index contributed by atoms with van der Waals surface area (Å²) in [7, 11) is 0. The molecule has 2 atom stereocenters. The highest BCUT2D eigenvalue weighted by Crippen LogP contribution is 2.39. The number of rotatable bonds is 6. The molecule has 2 aromatic rings. The molecule has 130 valence electrons. The van der Waals surface area contributed by atoms with E-state index < -0.39 is 0 Å². The van der Waals surface area contributed by atoms with Crippen molar-refractivity contribution in [1.29, 1.82) is 0 Å². The maximum absolute atomic E-state index is 12.4. The highest BCUT2D eigenvalue weighted by Gasteiger charge is 2.47. The van der Waals surface area contributed by atoms with E-state index in [1.807, 2.05) is 49.4 Å². The lowest BCUT2D eigenvalue weighted by Gasteiger charge is -2.10. The number of amides is 2. The molecule has 0 saturated heterocycles. The van der Waals surface area contributed by atoms with Gasteiger partial charge in [-0.2, -0.15) is 0 Å². The molecule has 1 aliphatic rings. The van der Waals surface area contributed by atoms with Crippen LogP contribution in [0.1, 0.15) is 30.0 Å². The second-order valence-electron chi connectivity index (χ2n) is 6.66. The molecule has 25 heavy (non-hydrogen) atoms. The molecule has 2 aromatic carbocycles. The number of hydrogen-bond donors (Lipinski definition) is 2. The van der Waals surface area contributed by atoms with Crippen LogP contribution in [0.5, 0.6) is 0 Å². The zero-order valence-electron chi connectivity index (χ0n) is 14.7. The molecule has 1 fully saturated rings. The number of carbonyl (C=O) groups excluding carboxylic acids is 2. The van der Waals surface area contributed by atoms with E-state index >= 15 is 0 Å². The van der Waals surface area contributed by atoms with Crippen LogP contribution in [0.3, 0.4) is 0 Å². The maximum atomic E-state index is 12.4. The first-order valence-electron chi connectivity index (χ1n) is 8.80. The summed E-state index contributed by atoms with van der Waals surface area (Å²) in [5.41, 5.74) is 4.20. The molecular weight excluding hydrogens is 312 g/mol. The van der Waals surface area contributed by atoms with Crippen LogP contribution < -0.4 is 10.6 Å². The van der Waals surface area contributed by atoms with Gasteiger partial charge in [0, 0.05) is 12.2 Å². The number of nitrogens with one attached hydrogen (secondary N) is 2. The standard InChI is InChI=1S/C21H24N2O2/c1-3-16-9-4-5-10-19(16)23-21(25)18-12-17(18)20(24)22-13-15-8-6-7-14(2)11-15/h4-11,17-18H,3,12-13H2,1-2H3,(H,22,24)(H,23,25). The fraction of sp³-hybridized carbons (Fsp3) is 0.333. The Morgan fingerprint density at radius 2 is 1.80 bits per heavy atom. The molecule has 2 unspecified atom stereocenters. The smallest absolute Gasteiger partial charge is 0.228 e. The Bertz CT molecular complexity index is 785. The summed E-state index contributed by atoms with van der Waals surface area (Å²) in [5.74, 6) is -0.525. The maximum Gasteiger partial charge on any atom is 0.228 e. The van der Waals surface area contributed by atoms with Crippen LogP contribution in [0, 0.1) is 18.8 Å². The summed E-state index contributed by atoms with van der Waals surface area (Å²) < 4.78 is 0. The minimum atomic E-state index is -0.220. The SMILES string of the molecule is CCc1ccccc1NC(=O)C1CC1C(=O)NCc1cccc(C)c1. The lowest BCUT2D eigenvalue weighted by Crippen LogP contribution is -2.27. The number of carbonyl (C=O) groups is 2. The van der Waals surface area contributed by atoms with E-state index in [0.717, 1.165) is 23.2 Å². The molecule has 0 heterocycles. The fourth-order valence-electron chi connectivity index (χ4n) is 3.09. The minimum absolute atomic E-state index is 0.0366. The third-order valence-corrected chi connectivity index (χ3v) is 4.67. The van der Waals surface area contributed by atoms with Gasteiger partial charge in [-0.1, -0.05) is 55.0 Å². The Labute approximate surface area is 148 Å². The van der Waals surface area contributed by atoms with Crippen LogP contribution in [-0.2, 0) is 22.6 Å². The topological polar surface area (TPSA) is 58.2 Å². The zero-order valence-corrected chi connectivity index (χ0v) is 14.7. The van der Waals surface area contributed by atoms with Gasteiger partial charge in [0.2, 0.25) is 11.8 Å². The molecule has 0 spiro atoms. The first kappa shape index (κ1) is 17.2. The molecule has 0 aromatic heterocycles. The highest BCUT2D eigenvalue weighted by atomic mass is 16.2. The largest absolute Gasteiger partial charge is 0.352 e. The van der Waals surface area contributed by atoms with Gasteiger partial charge in [-0.05, 0) is 37.0 Å². The molecular formula is C21H24N2O2. The van der Waals surface area contributed by atoms with Crippen molar-refractivity contribution in [1.82, 2.24) is 5.32 Å². The van der Waals surface area contributed by atoms with E-state index in [2.05, 4.69) is 23.6 Å². The van der Waals surface area contributed by atoms with Crippen molar-refractivity contribution in [2.75, 3.05) is 5.32 Å². The first-order chi connectivity index (χ1) is 12.1. The van der Waals surface area contributed by atoms with Crippen LogP contribution >= 0.6 is 0 Å². The zero-order chi connectivity index (χ0) is 17.8. The molecule has 2 amide bonds. The molecule has 0 aliphatic heterocycles. The van der Waals surface area contributed by atoms with E-state index in [1.54, 1.807) is 0 Å². The van der Waals surface area contributed by atoms with Gasteiger partial charge in [-0.25, -0.2) is 0 Å². The van der Waals surface area contributed by atoms with Crippen molar-refractivity contribution in [2.24, 2.45) is 11.8 Å². The Morgan fingerprint density at radius 3 is 2.56 bits per heavy atom. The van der Waals surface area contributed by atoms with Gasteiger partial charge in [0.25, 0.3) is 0 Å². The van der Waals surface area contributed by atoms with Crippen molar-refractivity contribution in [2.45, 2.75) is 33.2 Å². The third-order valence-electron chi connectivity index (χ3n) is 4.67. The Morgan fingerprint density at radius 1 is 1.04 bits per heavy atom. The van der Waals surface area contributed by atoms with Crippen molar-refractivity contribution in [3.05, 3.63) is 65.2 Å². The van der Waals surface area contributed by atoms with Crippen LogP contribution in [0.15, 0.2) is 48.5 Å². The predicted octanol–water partition coefficient (Wildman–Crippen LogP) is 3.45. The van der Waals surface area contributed by atoms with Crippen molar-refractivity contribution in [3.63, 3.8) is 0 Å². The Balaban J connectivity index is 1.51. The first-order valence-corrected chi connectivity index (χ1v) is 8.80. The van der Waals surface area contributed by atoms with Gasteiger partial charge in [0.05, 0.1) is 11.8 Å². The van der Waals surface area contributed by atoms with Crippen LogP contribution in [0.4, 0.5) is 5.69 Å². The van der Waals surface area contributed by atoms with Crippen molar-refractivity contribution in [3.8, 4) is 0 Å². The summed E-state index contributed by atoms with van der Waals surface area (Å²) in [6.45, 7) is 4.59. The van der Waals surface area contributed by atoms with E-state index in [0.29, 0.717) is 13.0 Å². The summed E-state index contributed by atoms with van der Waals surface area (Å²) in [5, 5.41) is 5.91. The predicted molar refractivity (Wildman–Crippen MR) is 99.1 cm³/mol. The van der Waals surface area contributed by atoms with Crippen LogP contribution in [-0.4, -0.2) is 11.8 Å². The van der Waals surface area contributed by atoms with Crippen LogP contribution in [0.25, 0.3) is 0 Å². The number of anilines is 1. The summed E-state index contributed by atoms with van der Waals surface area (Å²) >= 11 is 0. The molecule has 2 N–H and O–H groups in total. The highest BCUT2D eigenvalue weighted by molar-refractivity contribution is 5.99. The normalized spacial score (nSPS) is 18.5. The monoisotopic (exact) mass is 336 g/mol. The molecule has 4 heteroatoms. The summed E-state index contributed by atoms with van der Waals surface area (Å²) in [6, 6.07) is 15.8. The quantitative estimate of drug-likeness (QED) is 0.849. The number of hydrogen-bond acceptors (Lipinski definition) is 2. The Kier molecular flexibility index (Phi) is 5.17. The molecule has 1 saturated carbocycles. The third kappa shape index (κ3) is 4.27. The van der Waals surface area contributed by atoms with Crippen molar-refractivity contribution < 1.29 is 9.59 Å². The minimum Gasteiger partial charge on any atom is -0.352 e. The van der Waals surface area contributed by atoms with Gasteiger partial charge < -0.3 is 10.6 Å².